The molecular weight excluding hydrogens is 268 g/mol. The minimum Gasteiger partial charge on any atom is -0.468 e. The number of rotatable bonds is 7. The van der Waals surface area contributed by atoms with Crippen molar-refractivity contribution in [3.63, 3.8) is 0 Å². The van der Waals surface area contributed by atoms with E-state index in [-0.39, 0.29) is 12.0 Å². The summed E-state index contributed by atoms with van der Waals surface area (Å²) in [5.74, 6) is -0.334. The fourth-order valence-electron chi connectivity index (χ4n) is 2.83. The molecule has 6 heteroatoms. The molecule has 2 atom stereocenters. The average molecular weight is 300 g/mol. The van der Waals surface area contributed by atoms with Gasteiger partial charge in [-0.15, -0.1) is 0 Å². The monoisotopic (exact) mass is 300 g/mol. The Morgan fingerprint density at radius 3 is 2.38 bits per heavy atom. The first kappa shape index (κ1) is 18.4. The lowest BCUT2D eigenvalue weighted by atomic mass is 9.94. The number of carbonyl (C=O) groups is 1. The molecule has 0 spiro atoms. The van der Waals surface area contributed by atoms with Crippen LogP contribution in [0, 0.1) is 0 Å². The van der Waals surface area contributed by atoms with Gasteiger partial charge in [-0.3, -0.25) is 14.6 Å². The van der Waals surface area contributed by atoms with Crippen LogP contribution in [0.4, 0.5) is 0 Å². The molecule has 0 aromatic rings. The van der Waals surface area contributed by atoms with Crippen molar-refractivity contribution >= 4 is 5.97 Å². The van der Waals surface area contributed by atoms with Gasteiger partial charge in [-0.05, 0) is 34.4 Å². The van der Waals surface area contributed by atoms with E-state index in [4.69, 9.17) is 10.5 Å². The fourth-order valence-corrected chi connectivity index (χ4v) is 2.83. The van der Waals surface area contributed by atoms with Gasteiger partial charge in [0.15, 0.2) is 0 Å². The van der Waals surface area contributed by atoms with Gasteiger partial charge < -0.3 is 15.4 Å². The van der Waals surface area contributed by atoms with Crippen LogP contribution in [0.25, 0.3) is 0 Å². The number of likely N-dealkylation sites (N-methyl/N-ethyl adjacent to an activating group) is 1. The summed E-state index contributed by atoms with van der Waals surface area (Å²) in [5, 5.41) is 0. The third-order valence-corrected chi connectivity index (χ3v) is 4.26. The van der Waals surface area contributed by atoms with Gasteiger partial charge in [0.2, 0.25) is 0 Å². The van der Waals surface area contributed by atoms with Crippen molar-refractivity contribution in [3.8, 4) is 0 Å². The molecule has 1 fully saturated rings. The fraction of sp³-hybridized carbons (Fsp3) is 0.933. The van der Waals surface area contributed by atoms with Crippen LogP contribution in [0.5, 0.6) is 0 Å². The molecule has 0 aliphatic carbocycles. The zero-order valence-corrected chi connectivity index (χ0v) is 14.3. The largest absolute Gasteiger partial charge is 0.468 e. The highest BCUT2D eigenvalue weighted by molar-refractivity contribution is 5.79. The average Bonchev–Trinajstić information content (AvgIpc) is 2.44. The lowest BCUT2D eigenvalue weighted by Gasteiger charge is -2.40. The molecule has 124 valence electrons. The Morgan fingerprint density at radius 2 is 1.90 bits per heavy atom. The summed E-state index contributed by atoms with van der Waals surface area (Å²) in [6.07, 6.45) is 0.622. The van der Waals surface area contributed by atoms with Gasteiger partial charge in [0, 0.05) is 45.3 Å². The maximum absolute atomic E-state index is 11.7. The standard InChI is InChI=1S/C15H32N4O2/c1-13(12-15(2,16)14(20)21-5)19-10-8-18(9-11-19)7-6-17(3)4/h13H,6-12,16H2,1-5H3. The van der Waals surface area contributed by atoms with Crippen LogP contribution in [-0.2, 0) is 9.53 Å². The van der Waals surface area contributed by atoms with Gasteiger partial charge in [0.25, 0.3) is 0 Å². The van der Waals surface area contributed by atoms with Crippen LogP contribution >= 0.6 is 0 Å². The zero-order valence-electron chi connectivity index (χ0n) is 14.3. The molecule has 1 heterocycles. The molecule has 2 unspecified atom stereocenters. The van der Waals surface area contributed by atoms with Crippen molar-refractivity contribution in [2.75, 3.05) is 60.5 Å². The number of piperazine rings is 1. The van der Waals surface area contributed by atoms with E-state index in [1.807, 2.05) is 0 Å². The third kappa shape index (κ3) is 5.90. The van der Waals surface area contributed by atoms with Gasteiger partial charge >= 0.3 is 5.97 Å². The highest BCUT2D eigenvalue weighted by atomic mass is 16.5. The van der Waals surface area contributed by atoms with Crippen molar-refractivity contribution in [2.45, 2.75) is 31.8 Å². The van der Waals surface area contributed by atoms with Crippen molar-refractivity contribution in [3.05, 3.63) is 0 Å². The van der Waals surface area contributed by atoms with Gasteiger partial charge in [0.05, 0.1) is 7.11 Å². The number of hydrogen-bond donors (Lipinski definition) is 1. The van der Waals surface area contributed by atoms with Crippen LogP contribution in [0.1, 0.15) is 20.3 Å². The smallest absolute Gasteiger partial charge is 0.325 e. The molecule has 0 bridgehead atoms. The molecule has 1 aliphatic rings. The molecule has 21 heavy (non-hydrogen) atoms. The Balaban J connectivity index is 2.38. The summed E-state index contributed by atoms with van der Waals surface area (Å²) in [6, 6.07) is 0.287. The summed E-state index contributed by atoms with van der Waals surface area (Å²) in [6.45, 7) is 10.3. The summed E-state index contributed by atoms with van der Waals surface area (Å²) >= 11 is 0. The lowest BCUT2D eigenvalue weighted by Crippen LogP contribution is -2.55. The molecule has 0 saturated carbocycles. The summed E-state index contributed by atoms with van der Waals surface area (Å²) < 4.78 is 4.78. The van der Waals surface area contributed by atoms with Gasteiger partial charge in [-0.1, -0.05) is 0 Å². The molecule has 0 aromatic carbocycles. The normalized spacial score (nSPS) is 22.0. The number of nitrogens with zero attached hydrogens (tertiary/aromatic N) is 3. The van der Waals surface area contributed by atoms with E-state index in [2.05, 4.69) is 35.7 Å². The van der Waals surface area contributed by atoms with Crippen LogP contribution in [0.2, 0.25) is 0 Å². The number of esters is 1. The first-order valence-electron chi connectivity index (χ1n) is 7.74. The Bertz CT molecular complexity index is 326. The minimum absolute atomic E-state index is 0.287. The Morgan fingerprint density at radius 1 is 1.33 bits per heavy atom. The molecule has 1 aliphatic heterocycles. The van der Waals surface area contributed by atoms with Crippen molar-refractivity contribution in [1.82, 2.24) is 14.7 Å². The second-order valence-electron chi connectivity index (χ2n) is 6.64. The highest BCUT2D eigenvalue weighted by Gasteiger charge is 2.33. The van der Waals surface area contributed by atoms with Crippen molar-refractivity contribution < 1.29 is 9.53 Å². The second kappa shape index (κ2) is 8.08. The molecular formula is C15H32N4O2. The molecule has 1 saturated heterocycles. The van der Waals surface area contributed by atoms with Gasteiger partial charge in [-0.25, -0.2) is 0 Å². The summed E-state index contributed by atoms with van der Waals surface area (Å²) in [4.78, 5) is 18.8. The van der Waals surface area contributed by atoms with Crippen molar-refractivity contribution in [2.24, 2.45) is 5.73 Å². The summed E-state index contributed by atoms with van der Waals surface area (Å²) in [5.41, 5.74) is 5.16. The number of hydrogen-bond acceptors (Lipinski definition) is 6. The van der Waals surface area contributed by atoms with Gasteiger partial charge in [-0.2, -0.15) is 0 Å². The highest BCUT2D eigenvalue weighted by Crippen LogP contribution is 2.17. The third-order valence-electron chi connectivity index (χ3n) is 4.26. The Kier molecular flexibility index (Phi) is 7.06. The van der Waals surface area contributed by atoms with E-state index in [1.165, 1.54) is 7.11 Å². The molecule has 1 rings (SSSR count). The molecule has 0 amide bonds. The number of carbonyl (C=O) groups excluding carboxylic acids is 1. The molecule has 0 radical (unpaired) electrons. The lowest BCUT2D eigenvalue weighted by molar-refractivity contribution is -0.147. The van der Waals surface area contributed by atoms with E-state index in [0.717, 1.165) is 39.3 Å². The summed E-state index contributed by atoms with van der Waals surface area (Å²) in [7, 11) is 5.60. The van der Waals surface area contributed by atoms with Crippen LogP contribution < -0.4 is 5.73 Å². The first-order valence-corrected chi connectivity index (χ1v) is 7.74. The van der Waals surface area contributed by atoms with Gasteiger partial charge in [0.1, 0.15) is 5.54 Å². The molecule has 2 N–H and O–H groups in total. The molecule has 6 nitrogen and oxygen atoms in total. The molecule has 0 aromatic heterocycles. The topological polar surface area (TPSA) is 62.0 Å². The second-order valence-corrected chi connectivity index (χ2v) is 6.64. The maximum Gasteiger partial charge on any atom is 0.325 e. The first-order chi connectivity index (χ1) is 9.76. The Hall–Kier alpha value is -0.690. The minimum atomic E-state index is -0.907. The Labute approximate surface area is 129 Å². The maximum atomic E-state index is 11.7. The number of methoxy groups -OCH3 is 1. The number of ether oxygens (including phenoxy) is 1. The SMILES string of the molecule is COC(=O)C(C)(N)CC(C)N1CCN(CCN(C)C)CC1. The predicted octanol–water partition coefficient (Wildman–Crippen LogP) is -0.165. The van der Waals surface area contributed by atoms with E-state index < -0.39 is 5.54 Å². The quantitative estimate of drug-likeness (QED) is 0.659. The van der Waals surface area contributed by atoms with E-state index in [0.29, 0.717) is 6.42 Å². The van der Waals surface area contributed by atoms with Crippen LogP contribution in [0.3, 0.4) is 0 Å². The van der Waals surface area contributed by atoms with E-state index >= 15 is 0 Å². The van der Waals surface area contributed by atoms with E-state index in [9.17, 15) is 4.79 Å². The van der Waals surface area contributed by atoms with Crippen molar-refractivity contribution in [1.29, 1.82) is 0 Å². The van der Waals surface area contributed by atoms with Crippen LogP contribution in [-0.4, -0.2) is 92.7 Å². The van der Waals surface area contributed by atoms with E-state index in [1.54, 1.807) is 6.92 Å². The van der Waals surface area contributed by atoms with Crippen LogP contribution in [0.15, 0.2) is 0 Å². The zero-order chi connectivity index (χ0) is 16.0. The number of nitrogens with two attached hydrogens (primary N) is 1. The predicted molar refractivity (Wildman–Crippen MR) is 85.3 cm³/mol.